The SMILES string of the molecule is Nc1cccc([N+](=O)[O-])c1Nc1ccc(CCO)cc1. The number of rotatable bonds is 5. The molecule has 0 radical (unpaired) electrons. The molecule has 0 saturated carbocycles. The maximum atomic E-state index is 11.0. The number of nitro benzene ring substituents is 1. The van der Waals surface area contributed by atoms with E-state index in [4.69, 9.17) is 10.8 Å². The summed E-state index contributed by atoms with van der Waals surface area (Å²) < 4.78 is 0. The summed E-state index contributed by atoms with van der Waals surface area (Å²) in [5.74, 6) is 0. The number of nitrogens with one attached hydrogen (secondary N) is 1. The number of benzene rings is 2. The highest BCUT2D eigenvalue weighted by Gasteiger charge is 2.16. The Kier molecular flexibility index (Phi) is 4.17. The summed E-state index contributed by atoms with van der Waals surface area (Å²) in [4.78, 5) is 10.5. The zero-order valence-corrected chi connectivity index (χ0v) is 10.7. The minimum atomic E-state index is -0.473. The third kappa shape index (κ3) is 3.04. The molecule has 0 unspecified atom stereocenters. The van der Waals surface area contributed by atoms with Crippen molar-refractivity contribution >= 4 is 22.7 Å². The van der Waals surface area contributed by atoms with Gasteiger partial charge in [-0.2, -0.15) is 0 Å². The van der Waals surface area contributed by atoms with Gasteiger partial charge in [-0.3, -0.25) is 10.1 Å². The van der Waals surface area contributed by atoms with Gasteiger partial charge in [-0.1, -0.05) is 18.2 Å². The molecule has 0 aliphatic rings. The Morgan fingerprint density at radius 1 is 1.20 bits per heavy atom. The van der Waals surface area contributed by atoms with Gasteiger partial charge < -0.3 is 16.2 Å². The van der Waals surface area contributed by atoms with Crippen LogP contribution in [-0.4, -0.2) is 16.6 Å². The van der Waals surface area contributed by atoms with E-state index >= 15 is 0 Å². The molecule has 0 fully saturated rings. The van der Waals surface area contributed by atoms with E-state index in [-0.39, 0.29) is 18.0 Å². The van der Waals surface area contributed by atoms with Crippen LogP contribution in [0.25, 0.3) is 0 Å². The molecule has 0 aliphatic heterocycles. The lowest BCUT2D eigenvalue weighted by atomic mass is 10.1. The van der Waals surface area contributed by atoms with Gasteiger partial charge in [-0.25, -0.2) is 0 Å². The molecule has 0 spiro atoms. The highest BCUT2D eigenvalue weighted by molar-refractivity contribution is 5.81. The maximum Gasteiger partial charge on any atom is 0.294 e. The summed E-state index contributed by atoms with van der Waals surface area (Å²) in [7, 11) is 0. The zero-order chi connectivity index (χ0) is 14.5. The van der Waals surface area contributed by atoms with Crippen LogP contribution >= 0.6 is 0 Å². The maximum absolute atomic E-state index is 11.0. The lowest BCUT2D eigenvalue weighted by molar-refractivity contribution is -0.383. The van der Waals surface area contributed by atoms with Crippen molar-refractivity contribution in [2.24, 2.45) is 0 Å². The van der Waals surface area contributed by atoms with Gasteiger partial charge in [-0.15, -0.1) is 0 Å². The Balaban J connectivity index is 2.27. The number of nitrogens with two attached hydrogens (primary N) is 1. The van der Waals surface area contributed by atoms with E-state index in [1.165, 1.54) is 6.07 Å². The molecule has 0 saturated heterocycles. The fourth-order valence-electron chi connectivity index (χ4n) is 1.87. The van der Waals surface area contributed by atoms with E-state index in [1.807, 2.05) is 12.1 Å². The van der Waals surface area contributed by atoms with Crippen LogP contribution in [0, 0.1) is 10.1 Å². The molecule has 0 aliphatic carbocycles. The molecule has 0 aromatic heterocycles. The van der Waals surface area contributed by atoms with E-state index in [0.717, 1.165) is 5.56 Å². The molecule has 104 valence electrons. The largest absolute Gasteiger partial charge is 0.397 e. The lowest BCUT2D eigenvalue weighted by Gasteiger charge is -2.10. The topological polar surface area (TPSA) is 101 Å². The van der Waals surface area contributed by atoms with Crippen LogP contribution < -0.4 is 11.1 Å². The van der Waals surface area contributed by atoms with Crippen LogP contribution in [0.2, 0.25) is 0 Å². The number of anilines is 3. The minimum absolute atomic E-state index is 0.0653. The Bertz CT molecular complexity index is 612. The van der Waals surface area contributed by atoms with E-state index in [9.17, 15) is 10.1 Å². The van der Waals surface area contributed by atoms with Gasteiger partial charge in [0.05, 0.1) is 10.6 Å². The molecule has 6 heteroatoms. The van der Waals surface area contributed by atoms with Crippen LogP contribution in [0.3, 0.4) is 0 Å². The fourth-order valence-corrected chi connectivity index (χ4v) is 1.87. The van der Waals surface area contributed by atoms with Crippen LogP contribution in [-0.2, 0) is 6.42 Å². The number of hydrogen-bond donors (Lipinski definition) is 3. The van der Waals surface area contributed by atoms with Crippen molar-refractivity contribution in [2.75, 3.05) is 17.7 Å². The normalized spacial score (nSPS) is 10.2. The Labute approximate surface area is 116 Å². The molecule has 20 heavy (non-hydrogen) atoms. The Morgan fingerprint density at radius 3 is 2.50 bits per heavy atom. The van der Waals surface area contributed by atoms with Crippen LogP contribution in [0.4, 0.5) is 22.7 Å². The predicted molar refractivity (Wildman–Crippen MR) is 78.0 cm³/mol. The molecule has 2 aromatic carbocycles. The molecule has 6 nitrogen and oxygen atoms in total. The highest BCUT2D eigenvalue weighted by atomic mass is 16.6. The predicted octanol–water partition coefficient (Wildman–Crippen LogP) is 2.46. The van der Waals surface area contributed by atoms with E-state index in [1.54, 1.807) is 24.3 Å². The van der Waals surface area contributed by atoms with E-state index in [0.29, 0.717) is 17.8 Å². The highest BCUT2D eigenvalue weighted by Crippen LogP contribution is 2.32. The first-order chi connectivity index (χ1) is 9.61. The zero-order valence-electron chi connectivity index (χ0n) is 10.7. The van der Waals surface area contributed by atoms with Crippen LogP contribution in [0.15, 0.2) is 42.5 Å². The third-order valence-corrected chi connectivity index (χ3v) is 2.90. The van der Waals surface area contributed by atoms with Gasteiger partial charge in [0.15, 0.2) is 0 Å². The van der Waals surface area contributed by atoms with Crippen molar-refractivity contribution < 1.29 is 10.0 Å². The molecule has 0 heterocycles. The summed E-state index contributed by atoms with van der Waals surface area (Å²) >= 11 is 0. The number of nitro groups is 1. The van der Waals surface area contributed by atoms with Gasteiger partial charge in [0.2, 0.25) is 0 Å². The Morgan fingerprint density at radius 2 is 1.90 bits per heavy atom. The second-order valence-corrected chi connectivity index (χ2v) is 4.29. The van der Waals surface area contributed by atoms with Crippen molar-refractivity contribution in [1.82, 2.24) is 0 Å². The van der Waals surface area contributed by atoms with Gasteiger partial charge in [0, 0.05) is 18.4 Å². The standard InChI is InChI=1S/C14H15N3O3/c15-12-2-1-3-13(17(19)20)14(12)16-11-6-4-10(5-7-11)8-9-18/h1-7,16,18H,8-9,15H2. The van der Waals surface area contributed by atoms with Crippen molar-refractivity contribution in [2.45, 2.75) is 6.42 Å². The molecule has 0 bridgehead atoms. The van der Waals surface area contributed by atoms with Crippen LogP contribution in [0.5, 0.6) is 0 Å². The van der Waals surface area contributed by atoms with Gasteiger partial charge >= 0.3 is 0 Å². The van der Waals surface area contributed by atoms with Crippen molar-refractivity contribution in [3.05, 3.63) is 58.1 Å². The Hall–Kier alpha value is -2.60. The minimum Gasteiger partial charge on any atom is -0.397 e. The number of hydrogen-bond acceptors (Lipinski definition) is 5. The number of aliphatic hydroxyl groups excluding tert-OH is 1. The molecule has 0 atom stereocenters. The molecule has 4 N–H and O–H groups in total. The van der Waals surface area contributed by atoms with Gasteiger partial charge in [-0.05, 0) is 30.2 Å². The van der Waals surface area contributed by atoms with Crippen molar-refractivity contribution in [1.29, 1.82) is 0 Å². The number of para-hydroxylation sites is 1. The lowest BCUT2D eigenvalue weighted by Crippen LogP contribution is -2.01. The molecule has 2 rings (SSSR count). The van der Waals surface area contributed by atoms with Crippen molar-refractivity contribution in [3.63, 3.8) is 0 Å². The second-order valence-electron chi connectivity index (χ2n) is 4.29. The summed E-state index contributed by atoms with van der Waals surface area (Å²) in [5, 5.41) is 22.8. The summed E-state index contributed by atoms with van der Waals surface area (Å²) in [5.41, 5.74) is 8.02. The molecular formula is C14H15N3O3. The summed E-state index contributed by atoms with van der Waals surface area (Å²) in [6, 6.07) is 11.8. The third-order valence-electron chi connectivity index (χ3n) is 2.90. The summed E-state index contributed by atoms with van der Waals surface area (Å²) in [6.07, 6.45) is 0.577. The van der Waals surface area contributed by atoms with Crippen LogP contribution in [0.1, 0.15) is 5.56 Å². The first-order valence-electron chi connectivity index (χ1n) is 6.11. The first kappa shape index (κ1) is 13.8. The average Bonchev–Trinajstić information content (AvgIpc) is 2.43. The first-order valence-corrected chi connectivity index (χ1v) is 6.11. The molecule has 0 amide bonds. The smallest absolute Gasteiger partial charge is 0.294 e. The number of nitrogen functional groups attached to an aromatic ring is 1. The average molecular weight is 273 g/mol. The monoisotopic (exact) mass is 273 g/mol. The second kappa shape index (κ2) is 6.03. The van der Waals surface area contributed by atoms with Crippen molar-refractivity contribution in [3.8, 4) is 0 Å². The van der Waals surface area contributed by atoms with E-state index in [2.05, 4.69) is 5.32 Å². The number of aliphatic hydroxyl groups is 1. The van der Waals surface area contributed by atoms with Gasteiger partial charge in [0.1, 0.15) is 5.69 Å². The number of nitrogens with zero attached hydrogens (tertiary/aromatic N) is 1. The molecular weight excluding hydrogens is 258 g/mol. The fraction of sp³-hybridized carbons (Fsp3) is 0.143. The summed E-state index contributed by atoms with van der Waals surface area (Å²) in [6.45, 7) is 0.0872. The van der Waals surface area contributed by atoms with E-state index < -0.39 is 4.92 Å². The van der Waals surface area contributed by atoms with Gasteiger partial charge in [0.25, 0.3) is 5.69 Å². The quantitative estimate of drug-likeness (QED) is 0.441. The molecule has 2 aromatic rings.